The number of carbonyl (C=O) groups is 1. The Morgan fingerprint density at radius 3 is 2.59 bits per heavy atom. The van der Waals surface area contributed by atoms with Crippen LogP contribution in [-0.4, -0.2) is 70.7 Å². The number of nitrogens with zero attached hydrogens (tertiary/aromatic N) is 3. The fourth-order valence-corrected chi connectivity index (χ4v) is 6.36. The van der Waals surface area contributed by atoms with Crippen LogP contribution in [0, 0.1) is 0 Å². The molecule has 8 nitrogen and oxygen atoms in total. The number of pyridine rings is 1. The first-order valence-corrected chi connectivity index (χ1v) is 14.9. The van der Waals surface area contributed by atoms with Crippen LogP contribution in [0.1, 0.15) is 71.5 Å². The van der Waals surface area contributed by atoms with E-state index >= 15 is 0 Å². The number of hydrogen-bond donors (Lipinski definition) is 2. The molecule has 216 valence electrons. The largest absolute Gasteiger partial charge is 0.392 e. The summed E-state index contributed by atoms with van der Waals surface area (Å²) in [5.41, 5.74) is 4.01. The van der Waals surface area contributed by atoms with Crippen LogP contribution in [-0.2, 0) is 16.1 Å². The van der Waals surface area contributed by atoms with Crippen LogP contribution >= 0.6 is 0 Å². The van der Waals surface area contributed by atoms with Gasteiger partial charge in [-0.1, -0.05) is 36.4 Å². The Balaban J connectivity index is 1.20. The van der Waals surface area contributed by atoms with Crippen molar-refractivity contribution in [2.45, 2.75) is 63.3 Å². The molecule has 4 heterocycles. The number of aliphatic hydroxyl groups excluding tert-OH is 1. The number of nitrogens with one attached hydrogen (secondary N) is 1. The van der Waals surface area contributed by atoms with Gasteiger partial charge in [-0.05, 0) is 80.7 Å². The minimum Gasteiger partial charge on any atom is -0.392 e. The lowest BCUT2D eigenvalue weighted by Gasteiger charge is -2.39. The van der Waals surface area contributed by atoms with Crippen LogP contribution in [0.3, 0.4) is 0 Å². The molecule has 1 aromatic heterocycles. The molecule has 0 saturated carbocycles. The zero-order chi connectivity index (χ0) is 28.0. The number of amides is 1. The van der Waals surface area contributed by atoms with Gasteiger partial charge in [0.2, 0.25) is 0 Å². The molecular weight excluding hydrogens is 516 g/mol. The van der Waals surface area contributed by atoms with Crippen molar-refractivity contribution < 1.29 is 19.4 Å². The molecule has 4 atom stereocenters. The lowest BCUT2D eigenvalue weighted by Crippen LogP contribution is -2.45. The Labute approximate surface area is 242 Å². The van der Waals surface area contributed by atoms with Crippen molar-refractivity contribution in [1.82, 2.24) is 14.8 Å². The Morgan fingerprint density at radius 2 is 1.80 bits per heavy atom. The predicted molar refractivity (Wildman–Crippen MR) is 157 cm³/mol. The summed E-state index contributed by atoms with van der Waals surface area (Å²) in [4.78, 5) is 22.0. The number of aromatic nitrogens is 1. The first kappa shape index (κ1) is 28.0. The molecule has 0 aliphatic carbocycles. The van der Waals surface area contributed by atoms with E-state index in [1.807, 2.05) is 48.5 Å². The highest BCUT2D eigenvalue weighted by atomic mass is 16.7. The Morgan fingerprint density at radius 1 is 0.951 bits per heavy atom. The van der Waals surface area contributed by atoms with Crippen LogP contribution in [0.25, 0.3) is 0 Å². The number of likely N-dealkylation sites (tertiary alicyclic amines) is 2. The fourth-order valence-electron chi connectivity index (χ4n) is 6.36. The maximum atomic E-state index is 12.8. The van der Waals surface area contributed by atoms with Crippen molar-refractivity contribution in [1.29, 1.82) is 0 Å². The SMILES string of the molecule is O=C(Nc1cccc(C2OC(CN3CCCC3CN3CCCC3)CC(c3ccc(CO)cc3)O2)c1)c1cccnc1. The molecule has 3 aliphatic rings. The minimum absolute atomic E-state index is 0.00378. The molecule has 41 heavy (non-hydrogen) atoms. The van der Waals surface area contributed by atoms with Crippen LogP contribution in [0.15, 0.2) is 73.1 Å². The van der Waals surface area contributed by atoms with Crippen LogP contribution in [0.2, 0.25) is 0 Å². The van der Waals surface area contributed by atoms with Crippen LogP contribution in [0.4, 0.5) is 5.69 Å². The second-order valence-electron chi connectivity index (χ2n) is 11.5. The molecule has 2 N–H and O–H groups in total. The molecule has 3 aliphatic heterocycles. The Bertz CT molecular complexity index is 1280. The minimum atomic E-state index is -0.564. The van der Waals surface area contributed by atoms with E-state index in [0.717, 1.165) is 42.7 Å². The molecule has 3 fully saturated rings. The summed E-state index contributed by atoms with van der Waals surface area (Å²) in [7, 11) is 0. The topological polar surface area (TPSA) is 87.2 Å². The average Bonchev–Trinajstić information content (AvgIpc) is 3.70. The predicted octanol–water partition coefficient (Wildman–Crippen LogP) is 4.93. The van der Waals surface area contributed by atoms with E-state index in [4.69, 9.17) is 9.47 Å². The number of carbonyl (C=O) groups excluding carboxylic acids is 1. The average molecular weight is 557 g/mol. The molecule has 0 radical (unpaired) electrons. The summed E-state index contributed by atoms with van der Waals surface area (Å²) in [6, 6.07) is 19.8. The molecule has 3 saturated heterocycles. The molecule has 8 heteroatoms. The monoisotopic (exact) mass is 556 g/mol. The molecular formula is C33H40N4O4. The molecule has 2 aromatic carbocycles. The van der Waals surface area contributed by atoms with E-state index < -0.39 is 6.29 Å². The first-order valence-electron chi connectivity index (χ1n) is 14.9. The second kappa shape index (κ2) is 13.2. The van der Waals surface area contributed by atoms with Gasteiger partial charge in [0.05, 0.1) is 24.4 Å². The van der Waals surface area contributed by atoms with Gasteiger partial charge in [-0.2, -0.15) is 0 Å². The summed E-state index contributed by atoms with van der Waals surface area (Å²) in [5, 5.41) is 12.5. The molecule has 0 spiro atoms. The van der Waals surface area contributed by atoms with E-state index in [1.54, 1.807) is 24.5 Å². The summed E-state index contributed by atoms with van der Waals surface area (Å²) in [6.07, 6.45) is 8.37. The van der Waals surface area contributed by atoms with Crippen molar-refractivity contribution in [2.24, 2.45) is 0 Å². The van der Waals surface area contributed by atoms with Gasteiger partial charge in [0.25, 0.3) is 5.91 Å². The van der Waals surface area contributed by atoms with Crippen molar-refractivity contribution in [3.05, 3.63) is 95.3 Å². The number of ether oxygens (including phenoxy) is 2. The standard InChI is InChI=1S/C33H40N4O4/c38-23-24-10-12-25(13-11-24)31-19-30(22-37-17-5-9-29(37)21-36-15-1-2-16-36)40-33(41-31)26-6-3-8-28(18-26)35-32(39)27-7-4-14-34-20-27/h3-4,6-8,10-14,18,20,29-31,33,38H,1-2,5,9,15-17,19,21-23H2,(H,35,39). The lowest BCUT2D eigenvalue weighted by atomic mass is 9.99. The molecule has 3 aromatic rings. The van der Waals surface area contributed by atoms with Crippen molar-refractivity contribution in [3.8, 4) is 0 Å². The summed E-state index contributed by atoms with van der Waals surface area (Å²) < 4.78 is 13.2. The number of anilines is 1. The fraction of sp³-hybridized carbons (Fsp3) is 0.455. The number of benzene rings is 2. The van der Waals surface area contributed by atoms with E-state index in [1.165, 1.54) is 38.8 Å². The second-order valence-corrected chi connectivity index (χ2v) is 11.5. The third-order valence-corrected chi connectivity index (χ3v) is 8.56. The number of aliphatic hydroxyl groups is 1. The van der Waals surface area contributed by atoms with Gasteiger partial charge < -0.3 is 24.8 Å². The van der Waals surface area contributed by atoms with Crippen molar-refractivity contribution >= 4 is 11.6 Å². The van der Waals surface area contributed by atoms with Gasteiger partial charge in [0, 0.05) is 49.2 Å². The highest BCUT2D eigenvalue weighted by molar-refractivity contribution is 6.04. The normalized spacial score (nSPS) is 25.4. The number of rotatable bonds is 9. The van der Waals surface area contributed by atoms with Gasteiger partial charge in [0.15, 0.2) is 6.29 Å². The summed E-state index contributed by atoms with van der Waals surface area (Å²) in [5.74, 6) is -0.210. The highest BCUT2D eigenvalue weighted by Crippen LogP contribution is 2.39. The van der Waals surface area contributed by atoms with E-state index in [2.05, 4.69) is 20.1 Å². The summed E-state index contributed by atoms with van der Waals surface area (Å²) in [6.45, 7) is 5.60. The first-order chi connectivity index (χ1) is 20.1. The molecule has 1 amide bonds. The smallest absolute Gasteiger partial charge is 0.257 e. The van der Waals surface area contributed by atoms with Crippen LogP contribution < -0.4 is 5.32 Å². The van der Waals surface area contributed by atoms with Crippen LogP contribution in [0.5, 0.6) is 0 Å². The molecule has 4 unspecified atom stereocenters. The van der Waals surface area contributed by atoms with Crippen molar-refractivity contribution in [3.63, 3.8) is 0 Å². The van der Waals surface area contributed by atoms with E-state index in [0.29, 0.717) is 17.3 Å². The quantitative estimate of drug-likeness (QED) is 0.386. The maximum absolute atomic E-state index is 12.8. The Kier molecular flexibility index (Phi) is 9.03. The third kappa shape index (κ3) is 7.02. The van der Waals surface area contributed by atoms with Gasteiger partial charge in [-0.25, -0.2) is 0 Å². The lowest BCUT2D eigenvalue weighted by molar-refractivity contribution is -0.253. The zero-order valence-electron chi connectivity index (χ0n) is 23.5. The highest BCUT2D eigenvalue weighted by Gasteiger charge is 2.36. The van der Waals surface area contributed by atoms with Gasteiger partial charge >= 0.3 is 0 Å². The third-order valence-electron chi connectivity index (χ3n) is 8.56. The zero-order valence-corrected chi connectivity index (χ0v) is 23.5. The van der Waals surface area contributed by atoms with E-state index in [-0.39, 0.29) is 24.7 Å². The maximum Gasteiger partial charge on any atom is 0.257 e. The summed E-state index contributed by atoms with van der Waals surface area (Å²) >= 11 is 0. The van der Waals surface area contributed by atoms with E-state index in [9.17, 15) is 9.90 Å². The van der Waals surface area contributed by atoms with Crippen molar-refractivity contribution in [2.75, 3.05) is 38.0 Å². The van der Waals surface area contributed by atoms with Gasteiger partial charge in [0.1, 0.15) is 0 Å². The molecule has 6 rings (SSSR count). The number of hydrogen-bond acceptors (Lipinski definition) is 7. The van der Waals surface area contributed by atoms with Gasteiger partial charge in [-0.3, -0.25) is 14.7 Å². The van der Waals surface area contributed by atoms with Gasteiger partial charge in [-0.15, -0.1) is 0 Å². The molecule has 0 bridgehead atoms. The Hall–Kier alpha value is -3.14.